The second kappa shape index (κ2) is 6.41. The Kier molecular flexibility index (Phi) is 4.17. The van der Waals surface area contributed by atoms with Crippen LogP contribution in [0.5, 0.6) is 0 Å². The molecule has 3 aromatic heterocycles. The summed E-state index contributed by atoms with van der Waals surface area (Å²) < 4.78 is 39.7. The van der Waals surface area contributed by atoms with E-state index in [0.717, 1.165) is 30.7 Å². The standard InChI is InChI=1S/C16H17F3N8/c1-10-11(9-21-15-23-13(16(17,18)19)24-27(10)15)12-3-4-20-14(22-12)26-7-5-25(2)6-8-26/h3-4,9H,5-8H2,1-2H3. The van der Waals surface area contributed by atoms with Crippen LogP contribution in [0.1, 0.15) is 11.5 Å². The van der Waals surface area contributed by atoms with E-state index in [2.05, 4.69) is 41.9 Å². The molecule has 3 aromatic rings. The highest BCUT2D eigenvalue weighted by molar-refractivity contribution is 5.63. The van der Waals surface area contributed by atoms with Crippen molar-refractivity contribution >= 4 is 11.7 Å². The Morgan fingerprint density at radius 3 is 2.48 bits per heavy atom. The lowest BCUT2D eigenvalue weighted by molar-refractivity contribution is -0.144. The third kappa shape index (κ3) is 3.29. The van der Waals surface area contributed by atoms with E-state index in [-0.39, 0.29) is 5.78 Å². The number of nitrogens with zero attached hydrogens (tertiary/aromatic N) is 8. The van der Waals surface area contributed by atoms with Crippen molar-refractivity contribution in [3.63, 3.8) is 0 Å². The van der Waals surface area contributed by atoms with E-state index in [9.17, 15) is 13.2 Å². The fourth-order valence-corrected chi connectivity index (χ4v) is 2.97. The SMILES string of the molecule is Cc1c(-c2ccnc(N3CCN(C)CC3)n2)cnc2nc(C(F)(F)F)nn12. The second-order valence-electron chi connectivity index (χ2n) is 6.43. The lowest BCUT2D eigenvalue weighted by atomic mass is 10.2. The van der Waals surface area contributed by atoms with Gasteiger partial charge in [-0.2, -0.15) is 18.2 Å². The fourth-order valence-electron chi connectivity index (χ4n) is 2.97. The van der Waals surface area contributed by atoms with Crippen LogP contribution in [0.15, 0.2) is 18.5 Å². The van der Waals surface area contributed by atoms with Crippen molar-refractivity contribution in [1.82, 2.24) is 34.4 Å². The molecule has 0 amide bonds. The molecule has 0 aliphatic carbocycles. The van der Waals surface area contributed by atoms with Gasteiger partial charge in [0.1, 0.15) is 0 Å². The molecule has 0 atom stereocenters. The Morgan fingerprint density at radius 1 is 1.04 bits per heavy atom. The Hall–Kier alpha value is -2.82. The third-order valence-corrected chi connectivity index (χ3v) is 4.57. The molecule has 27 heavy (non-hydrogen) atoms. The average molecular weight is 378 g/mol. The first-order valence-corrected chi connectivity index (χ1v) is 8.39. The van der Waals surface area contributed by atoms with Gasteiger partial charge in [0.25, 0.3) is 11.6 Å². The minimum absolute atomic E-state index is 0.100. The molecule has 1 fully saturated rings. The van der Waals surface area contributed by atoms with Gasteiger partial charge in [0.15, 0.2) is 0 Å². The van der Waals surface area contributed by atoms with Crippen molar-refractivity contribution in [3.05, 3.63) is 30.0 Å². The molecule has 0 aromatic carbocycles. The summed E-state index contributed by atoms with van der Waals surface area (Å²) in [6.45, 7) is 5.12. The van der Waals surface area contributed by atoms with Crippen LogP contribution in [-0.4, -0.2) is 67.7 Å². The number of alkyl halides is 3. The number of aromatic nitrogens is 6. The summed E-state index contributed by atoms with van der Waals surface area (Å²) in [6.07, 6.45) is -1.51. The average Bonchev–Trinajstić information content (AvgIpc) is 3.08. The van der Waals surface area contributed by atoms with E-state index in [1.165, 1.54) is 6.20 Å². The molecule has 0 bridgehead atoms. The summed E-state index contributed by atoms with van der Waals surface area (Å²) in [6, 6.07) is 1.71. The summed E-state index contributed by atoms with van der Waals surface area (Å²) in [7, 11) is 2.06. The van der Waals surface area contributed by atoms with Crippen molar-refractivity contribution in [2.24, 2.45) is 0 Å². The van der Waals surface area contributed by atoms with Crippen molar-refractivity contribution in [3.8, 4) is 11.3 Å². The maximum absolute atomic E-state index is 12.9. The third-order valence-electron chi connectivity index (χ3n) is 4.57. The molecule has 0 unspecified atom stereocenters. The number of halogens is 3. The maximum Gasteiger partial charge on any atom is 0.453 e. The molecule has 8 nitrogen and oxygen atoms in total. The molecule has 11 heteroatoms. The van der Waals surface area contributed by atoms with E-state index < -0.39 is 12.0 Å². The van der Waals surface area contributed by atoms with Gasteiger partial charge in [-0.3, -0.25) is 0 Å². The number of anilines is 1. The van der Waals surface area contributed by atoms with E-state index in [0.29, 0.717) is 22.9 Å². The highest BCUT2D eigenvalue weighted by atomic mass is 19.4. The first kappa shape index (κ1) is 17.6. The fraction of sp³-hybridized carbons (Fsp3) is 0.438. The first-order chi connectivity index (χ1) is 12.8. The molecule has 0 radical (unpaired) electrons. The van der Waals surface area contributed by atoms with E-state index in [4.69, 9.17) is 0 Å². The molecule has 0 spiro atoms. The molecule has 142 valence electrons. The summed E-state index contributed by atoms with van der Waals surface area (Å²) in [5.41, 5.74) is 1.64. The number of aryl methyl sites for hydroxylation is 1. The highest BCUT2D eigenvalue weighted by Crippen LogP contribution is 2.28. The van der Waals surface area contributed by atoms with Crippen LogP contribution in [0.4, 0.5) is 19.1 Å². The van der Waals surface area contributed by atoms with Gasteiger partial charge in [0.2, 0.25) is 5.95 Å². The van der Waals surface area contributed by atoms with Gasteiger partial charge >= 0.3 is 6.18 Å². The van der Waals surface area contributed by atoms with E-state index >= 15 is 0 Å². The number of rotatable bonds is 2. The second-order valence-corrected chi connectivity index (χ2v) is 6.43. The van der Waals surface area contributed by atoms with E-state index in [1.807, 2.05) is 0 Å². The largest absolute Gasteiger partial charge is 0.453 e. The summed E-state index contributed by atoms with van der Waals surface area (Å²) in [4.78, 5) is 20.7. The van der Waals surface area contributed by atoms with Crippen LogP contribution in [-0.2, 0) is 6.18 Å². The van der Waals surface area contributed by atoms with E-state index in [1.54, 1.807) is 19.2 Å². The van der Waals surface area contributed by atoms with Crippen LogP contribution in [0.25, 0.3) is 17.0 Å². The molecule has 1 saturated heterocycles. The summed E-state index contributed by atoms with van der Waals surface area (Å²) >= 11 is 0. The number of piperazine rings is 1. The van der Waals surface area contributed by atoms with Gasteiger partial charge in [0, 0.05) is 44.1 Å². The van der Waals surface area contributed by atoms with Gasteiger partial charge in [-0.1, -0.05) is 0 Å². The predicted molar refractivity (Wildman–Crippen MR) is 91.3 cm³/mol. The molecule has 4 heterocycles. The zero-order valence-corrected chi connectivity index (χ0v) is 14.8. The lowest BCUT2D eigenvalue weighted by Crippen LogP contribution is -2.45. The van der Waals surface area contributed by atoms with Crippen LogP contribution in [0.3, 0.4) is 0 Å². The Labute approximate surface area is 152 Å². The first-order valence-electron chi connectivity index (χ1n) is 8.39. The smallest absolute Gasteiger partial charge is 0.338 e. The van der Waals surface area contributed by atoms with Crippen LogP contribution in [0, 0.1) is 6.92 Å². The zero-order chi connectivity index (χ0) is 19.2. The zero-order valence-electron chi connectivity index (χ0n) is 14.8. The molecule has 4 rings (SSSR count). The maximum atomic E-state index is 12.9. The van der Waals surface area contributed by atoms with Crippen LogP contribution in [0.2, 0.25) is 0 Å². The Bertz CT molecular complexity index is 975. The van der Waals surface area contributed by atoms with Gasteiger partial charge in [-0.25, -0.2) is 19.5 Å². The number of hydrogen-bond acceptors (Lipinski definition) is 7. The Morgan fingerprint density at radius 2 is 1.78 bits per heavy atom. The molecule has 0 saturated carbocycles. The van der Waals surface area contributed by atoms with Gasteiger partial charge in [0.05, 0.1) is 11.4 Å². The summed E-state index contributed by atoms with van der Waals surface area (Å²) in [5.74, 6) is -0.720. The molecular formula is C16H17F3N8. The number of hydrogen-bond donors (Lipinski definition) is 0. The van der Waals surface area contributed by atoms with Crippen molar-refractivity contribution in [2.45, 2.75) is 13.1 Å². The summed E-state index contributed by atoms with van der Waals surface area (Å²) in [5, 5.41) is 3.55. The Balaban J connectivity index is 1.72. The topological polar surface area (TPSA) is 75.3 Å². The normalized spacial score (nSPS) is 16.3. The number of likely N-dealkylation sites (N-methyl/N-ethyl adjacent to an activating group) is 1. The van der Waals surface area contributed by atoms with Crippen LogP contribution >= 0.6 is 0 Å². The molecular weight excluding hydrogens is 361 g/mol. The van der Waals surface area contributed by atoms with Gasteiger partial charge < -0.3 is 9.80 Å². The minimum atomic E-state index is -4.62. The highest BCUT2D eigenvalue weighted by Gasteiger charge is 2.36. The van der Waals surface area contributed by atoms with Crippen molar-refractivity contribution in [1.29, 1.82) is 0 Å². The minimum Gasteiger partial charge on any atom is -0.338 e. The molecule has 1 aliphatic rings. The lowest BCUT2D eigenvalue weighted by Gasteiger charge is -2.32. The quantitative estimate of drug-likeness (QED) is 0.671. The number of fused-ring (bicyclic) bond motifs is 1. The molecule has 0 N–H and O–H groups in total. The van der Waals surface area contributed by atoms with Gasteiger partial charge in [-0.05, 0) is 20.0 Å². The van der Waals surface area contributed by atoms with Crippen LogP contribution < -0.4 is 4.90 Å². The predicted octanol–water partition coefficient (Wildman–Crippen LogP) is 1.66. The van der Waals surface area contributed by atoms with Crippen molar-refractivity contribution < 1.29 is 13.2 Å². The molecule has 1 aliphatic heterocycles. The van der Waals surface area contributed by atoms with Crippen molar-refractivity contribution in [2.75, 3.05) is 38.1 Å². The monoisotopic (exact) mass is 378 g/mol. The van der Waals surface area contributed by atoms with Gasteiger partial charge in [-0.15, -0.1) is 5.10 Å².